The highest BCUT2D eigenvalue weighted by atomic mass is 35.5. The molecule has 78 valence electrons. The molecule has 1 aromatic carbocycles. The molecule has 0 aliphatic carbocycles. The lowest BCUT2D eigenvalue weighted by molar-refractivity contribution is 0.286. The van der Waals surface area contributed by atoms with Gasteiger partial charge in [0.25, 0.3) is 0 Å². The van der Waals surface area contributed by atoms with Gasteiger partial charge in [0, 0.05) is 5.56 Å². The Bertz CT molecular complexity index is 481. The first-order valence-corrected chi connectivity index (χ1v) is 5.73. The van der Waals surface area contributed by atoms with E-state index >= 15 is 0 Å². The average Bonchev–Trinajstić information content (AvgIpc) is 2.59. The van der Waals surface area contributed by atoms with E-state index in [2.05, 4.69) is 4.98 Å². The van der Waals surface area contributed by atoms with Crippen LogP contribution in [0.1, 0.15) is 10.4 Å². The zero-order chi connectivity index (χ0) is 10.8. The summed E-state index contributed by atoms with van der Waals surface area (Å²) in [6, 6.07) is 8.00. The summed E-state index contributed by atoms with van der Waals surface area (Å²) in [6.07, 6.45) is 0. The molecule has 0 amide bonds. The largest absolute Gasteiger partial charge is 0.391 e. The second-order valence-corrected chi connectivity index (χ2v) is 4.93. The van der Waals surface area contributed by atoms with E-state index in [-0.39, 0.29) is 6.61 Å². The predicted molar refractivity (Wildman–Crippen MR) is 63.2 cm³/mol. The molecule has 1 heterocycles. The zero-order valence-electron chi connectivity index (χ0n) is 8.20. The average molecular weight is 240 g/mol. The van der Waals surface area contributed by atoms with Gasteiger partial charge in [0.05, 0.1) is 17.2 Å². The number of aromatic nitrogens is 1. The summed E-state index contributed by atoms with van der Waals surface area (Å²) in [5.74, 6) is 0. The maximum absolute atomic E-state index is 9.17. The van der Waals surface area contributed by atoms with Crippen LogP contribution >= 0.6 is 22.9 Å². The Labute approximate surface area is 97.2 Å². The van der Waals surface area contributed by atoms with Gasteiger partial charge in [-0.15, -0.1) is 11.3 Å². The van der Waals surface area contributed by atoms with Gasteiger partial charge in [-0.3, -0.25) is 0 Å². The van der Waals surface area contributed by atoms with Crippen LogP contribution < -0.4 is 0 Å². The summed E-state index contributed by atoms with van der Waals surface area (Å²) in [5, 5.41) is 9.17. The van der Waals surface area contributed by atoms with Crippen LogP contribution in [0.5, 0.6) is 0 Å². The maximum Gasteiger partial charge on any atom is 0.184 e. The molecule has 0 fully saturated rings. The Balaban J connectivity index is 2.53. The topological polar surface area (TPSA) is 33.1 Å². The minimum atomic E-state index is -0.0202. The number of aliphatic hydroxyl groups excluding tert-OH is 1. The van der Waals surface area contributed by atoms with E-state index in [1.54, 1.807) is 0 Å². The van der Waals surface area contributed by atoms with Crippen molar-refractivity contribution in [3.05, 3.63) is 39.2 Å². The van der Waals surface area contributed by atoms with Gasteiger partial charge >= 0.3 is 0 Å². The third-order valence-corrected chi connectivity index (χ3v) is 3.25. The van der Waals surface area contributed by atoms with Crippen molar-refractivity contribution in [1.82, 2.24) is 4.98 Å². The summed E-state index contributed by atoms with van der Waals surface area (Å²) in [7, 11) is 0. The highest BCUT2D eigenvalue weighted by molar-refractivity contribution is 7.16. The first-order valence-electron chi connectivity index (χ1n) is 4.54. The fraction of sp³-hybridized carbons (Fsp3) is 0.182. The molecule has 2 rings (SSSR count). The third kappa shape index (κ3) is 2.20. The normalized spacial score (nSPS) is 10.6. The Morgan fingerprint density at radius 3 is 2.93 bits per heavy atom. The summed E-state index contributed by atoms with van der Waals surface area (Å²) < 4.78 is 0.468. The number of aliphatic hydroxyl groups is 1. The summed E-state index contributed by atoms with van der Waals surface area (Å²) in [6.45, 7) is 2.00. The van der Waals surface area contributed by atoms with E-state index < -0.39 is 0 Å². The standard InChI is InChI=1S/C11H10ClNOS/c1-7-3-2-4-8(5-7)10-9(6-14)15-11(12)13-10/h2-5,14H,6H2,1H3. The first kappa shape index (κ1) is 10.6. The number of hydrogen-bond donors (Lipinski definition) is 1. The van der Waals surface area contributed by atoms with Gasteiger partial charge in [-0.05, 0) is 13.0 Å². The molecule has 2 nitrogen and oxygen atoms in total. The summed E-state index contributed by atoms with van der Waals surface area (Å²) >= 11 is 7.15. The Kier molecular flexibility index (Phi) is 3.05. The van der Waals surface area contributed by atoms with Gasteiger partial charge in [-0.2, -0.15) is 0 Å². The SMILES string of the molecule is Cc1cccc(-c2nc(Cl)sc2CO)c1. The van der Waals surface area contributed by atoms with E-state index in [1.165, 1.54) is 16.9 Å². The number of aryl methyl sites for hydroxylation is 1. The Morgan fingerprint density at radius 1 is 1.47 bits per heavy atom. The number of halogens is 1. The minimum absolute atomic E-state index is 0.0202. The third-order valence-electron chi connectivity index (χ3n) is 2.11. The second kappa shape index (κ2) is 4.31. The van der Waals surface area contributed by atoms with Crippen molar-refractivity contribution < 1.29 is 5.11 Å². The van der Waals surface area contributed by atoms with Crippen molar-refractivity contribution in [1.29, 1.82) is 0 Å². The van der Waals surface area contributed by atoms with Gasteiger partial charge in [0.2, 0.25) is 0 Å². The number of benzene rings is 1. The van der Waals surface area contributed by atoms with Gasteiger partial charge < -0.3 is 5.11 Å². The molecule has 4 heteroatoms. The van der Waals surface area contributed by atoms with Crippen LogP contribution in [0.2, 0.25) is 4.47 Å². The highest BCUT2D eigenvalue weighted by Crippen LogP contribution is 2.31. The number of nitrogens with zero attached hydrogens (tertiary/aromatic N) is 1. The molecule has 0 saturated heterocycles. The highest BCUT2D eigenvalue weighted by Gasteiger charge is 2.10. The molecular formula is C11H10ClNOS. The number of rotatable bonds is 2. The smallest absolute Gasteiger partial charge is 0.184 e. The van der Waals surface area contributed by atoms with Gasteiger partial charge in [-0.25, -0.2) is 4.98 Å². The summed E-state index contributed by atoms with van der Waals surface area (Å²) in [4.78, 5) is 5.03. The molecule has 15 heavy (non-hydrogen) atoms. The van der Waals surface area contributed by atoms with Crippen molar-refractivity contribution in [2.24, 2.45) is 0 Å². The molecular weight excluding hydrogens is 230 g/mol. The monoisotopic (exact) mass is 239 g/mol. The van der Waals surface area contributed by atoms with Crippen LogP contribution in [0.3, 0.4) is 0 Å². The fourth-order valence-corrected chi connectivity index (χ4v) is 2.48. The molecule has 2 aromatic rings. The lowest BCUT2D eigenvalue weighted by Gasteiger charge is -2.00. The molecule has 0 bridgehead atoms. The van der Waals surface area contributed by atoms with Crippen molar-refractivity contribution in [2.45, 2.75) is 13.5 Å². The Morgan fingerprint density at radius 2 is 2.27 bits per heavy atom. The van der Waals surface area contributed by atoms with Crippen molar-refractivity contribution >= 4 is 22.9 Å². The number of thiazole rings is 1. The molecule has 0 radical (unpaired) electrons. The molecule has 1 N–H and O–H groups in total. The van der Waals surface area contributed by atoms with Crippen LogP contribution in [0.15, 0.2) is 24.3 Å². The molecule has 0 aliphatic heterocycles. The predicted octanol–water partition coefficient (Wildman–Crippen LogP) is 3.26. The zero-order valence-corrected chi connectivity index (χ0v) is 9.77. The molecule has 0 aliphatic rings. The van der Waals surface area contributed by atoms with E-state index in [4.69, 9.17) is 11.6 Å². The Hall–Kier alpha value is -0.900. The molecule has 0 spiro atoms. The lowest BCUT2D eigenvalue weighted by Crippen LogP contribution is -1.85. The van der Waals surface area contributed by atoms with Crippen LogP contribution in [-0.2, 0) is 6.61 Å². The molecule has 0 unspecified atom stereocenters. The van der Waals surface area contributed by atoms with Gasteiger partial charge in [0.15, 0.2) is 4.47 Å². The second-order valence-electron chi connectivity index (χ2n) is 3.27. The fourth-order valence-electron chi connectivity index (χ4n) is 1.45. The minimum Gasteiger partial charge on any atom is -0.391 e. The lowest BCUT2D eigenvalue weighted by atomic mass is 10.1. The first-order chi connectivity index (χ1) is 7.20. The maximum atomic E-state index is 9.17. The van der Waals surface area contributed by atoms with Crippen LogP contribution in [0.25, 0.3) is 11.3 Å². The van der Waals surface area contributed by atoms with E-state index in [1.807, 2.05) is 31.2 Å². The quantitative estimate of drug-likeness (QED) is 0.873. The van der Waals surface area contributed by atoms with Crippen LogP contribution in [0.4, 0.5) is 0 Å². The van der Waals surface area contributed by atoms with E-state index in [0.717, 1.165) is 16.1 Å². The van der Waals surface area contributed by atoms with Crippen LogP contribution in [-0.4, -0.2) is 10.1 Å². The van der Waals surface area contributed by atoms with E-state index in [0.29, 0.717) is 4.47 Å². The molecule has 0 atom stereocenters. The number of hydrogen-bond acceptors (Lipinski definition) is 3. The summed E-state index contributed by atoms with van der Waals surface area (Å²) in [5.41, 5.74) is 2.96. The molecule has 0 saturated carbocycles. The van der Waals surface area contributed by atoms with Gasteiger partial charge in [0.1, 0.15) is 0 Å². The van der Waals surface area contributed by atoms with E-state index in [9.17, 15) is 5.11 Å². The molecule has 1 aromatic heterocycles. The van der Waals surface area contributed by atoms with Crippen molar-refractivity contribution in [2.75, 3.05) is 0 Å². The van der Waals surface area contributed by atoms with Gasteiger partial charge in [-0.1, -0.05) is 35.4 Å². The van der Waals surface area contributed by atoms with Crippen molar-refractivity contribution in [3.8, 4) is 11.3 Å². The van der Waals surface area contributed by atoms with Crippen LogP contribution in [0, 0.1) is 6.92 Å². The van der Waals surface area contributed by atoms with Crippen molar-refractivity contribution in [3.63, 3.8) is 0 Å².